The normalized spacial score (nSPS) is 18.8. The number of rotatable bonds is 9. The number of pyridine rings is 1. The average Bonchev–Trinajstić information content (AvgIpc) is 3.96. The van der Waals surface area contributed by atoms with Crippen molar-refractivity contribution in [2.24, 2.45) is 0 Å². The number of aromatic nitrogens is 5. The average molecular weight is 713 g/mol. The second-order valence-electron chi connectivity index (χ2n) is 14.3. The van der Waals surface area contributed by atoms with Crippen molar-refractivity contribution in [2.75, 3.05) is 44.7 Å². The summed E-state index contributed by atoms with van der Waals surface area (Å²) < 4.78 is 57.9. The molecule has 0 radical (unpaired) electrons. The maximum absolute atomic E-state index is 16.8. The van der Waals surface area contributed by atoms with Crippen LogP contribution in [0.3, 0.4) is 0 Å². The highest BCUT2D eigenvalue weighted by molar-refractivity contribution is 5.99. The number of halogens is 3. The number of benzene rings is 2. The van der Waals surface area contributed by atoms with Crippen LogP contribution in [0, 0.1) is 17.5 Å². The lowest BCUT2D eigenvalue weighted by atomic mass is 9.95. The van der Waals surface area contributed by atoms with Crippen LogP contribution in [0.25, 0.3) is 39.0 Å². The Morgan fingerprint density at radius 3 is 2.65 bits per heavy atom. The topological polar surface area (TPSA) is 114 Å². The molecule has 6 heterocycles. The van der Waals surface area contributed by atoms with E-state index in [1.165, 1.54) is 30.5 Å². The summed E-state index contributed by atoms with van der Waals surface area (Å²) in [7, 11) is 1.84. The van der Waals surface area contributed by atoms with Crippen molar-refractivity contribution in [3.63, 3.8) is 0 Å². The summed E-state index contributed by atoms with van der Waals surface area (Å²) in [5.41, 5.74) is -0.209. The zero-order valence-electron chi connectivity index (χ0n) is 29.3. The fourth-order valence-electron chi connectivity index (χ4n) is 7.94. The molecule has 3 aliphatic heterocycles. The van der Waals surface area contributed by atoms with Crippen LogP contribution in [0.5, 0.6) is 6.01 Å². The van der Waals surface area contributed by atoms with E-state index in [-0.39, 0.29) is 57.5 Å². The summed E-state index contributed by atoms with van der Waals surface area (Å²) in [5, 5.41) is 4.60. The van der Waals surface area contributed by atoms with E-state index < -0.39 is 17.5 Å². The number of hydrogen-bond acceptors (Lipinski definition) is 10. The minimum absolute atomic E-state index is 0.0165. The maximum Gasteiger partial charge on any atom is 0.319 e. The Balaban J connectivity index is 1.13. The molecule has 1 atom stereocenters. The highest BCUT2D eigenvalue weighted by Crippen LogP contribution is 2.40. The summed E-state index contributed by atoms with van der Waals surface area (Å²) in [6.45, 7) is 7.18. The van der Waals surface area contributed by atoms with Gasteiger partial charge in [-0.15, -0.1) is 0 Å². The van der Waals surface area contributed by atoms with Gasteiger partial charge < -0.3 is 19.1 Å². The monoisotopic (exact) mass is 712 g/mol. The molecule has 0 bridgehead atoms. The molecule has 270 valence electrons. The Labute approximate surface area is 298 Å². The van der Waals surface area contributed by atoms with Gasteiger partial charge in [-0.05, 0) is 56.6 Å². The van der Waals surface area contributed by atoms with Gasteiger partial charge in [0.1, 0.15) is 23.6 Å². The predicted octanol–water partition coefficient (Wildman–Crippen LogP) is 6.53. The highest BCUT2D eigenvalue weighted by Gasteiger charge is 2.45. The van der Waals surface area contributed by atoms with E-state index in [2.05, 4.69) is 25.0 Å². The third-order valence-electron chi connectivity index (χ3n) is 10.8. The molecule has 0 N–H and O–H groups in total. The molecular weight excluding hydrogens is 673 g/mol. The molecule has 0 spiro atoms. The molecule has 2 aromatic carbocycles. The van der Waals surface area contributed by atoms with Gasteiger partial charge in [-0.2, -0.15) is 15.0 Å². The molecule has 8 rings (SSSR count). The first-order chi connectivity index (χ1) is 25.1. The molecule has 14 heteroatoms. The number of nitrogens with zero attached hydrogens (tertiary/aromatic N) is 8. The van der Waals surface area contributed by atoms with Crippen LogP contribution >= 0.6 is 0 Å². The van der Waals surface area contributed by atoms with E-state index >= 15 is 8.78 Å². The van der Waals surface area contributed by atoms with E-state index in [0.717, 1.165) is 44.8 Å². The molecule has 11 nitrogen and oxygen atoms in total. The standard InChI is InChI=1S/C38H39F3N8O3/c1-22(2)35-43-28(52-46-35)11-12-29(50)48-18-13-24(20-48)47(3)36-26-19-42-33(25-8-4-7-23-9-10-27(39)31(40)30(23)25)32(41)34(26)44-37(45-36)51-21-38-14-5-16-49(38)17-6-15-38/h4,7-12,19,22,24H,5-6,13-18,20-21H2,1-3H3/b12-11+. The lowest BCUT2D eigenvalue weighted by Crippen LogP contribution is -2.43. The van der Waals surface area contributed by atoms with Crippen LogP contribution in [0.2, 0.25) is 0 Å². The van der Waals surface area contributed by atoms with Crippen molar-refractivity contribution in [3.8, 4) is 17.3 Å². The van der Waals surface area contributed by atoms with E-state index in [4.69, 9.17) is 14.2 Å². The quantitative estimate of drug-likeness (QED) is 0.157. The van der Waals surface area contributed by atoms with Gasteiger partial charge in [-0.3, -0.25) is 14.7 Å². The molecule has 0 aliphatic carbocycles. The number of carbonyl (C=O) groups is 1. The third kappa shape index (κ3) is 6.02. The first-order valence-corrected chi connectivity index (χ1v) is 17.8. The molecule has 3 aromatic heterocycles. The van der Waals surface area contributed by atoms with Gasteiger partial charge in [-0.1, -0.05) is 43.3 Å². The molecule has 0 saturated carbocycles. The van der Waals surface area contributed by atoms with Gasteiger partial charge >= 0.3 is 6.01 Å². The Hall–Kier alpha value is -5.11. The Kier molecular flexibility index (Phi) is 8.80. The van der Waals surface area contributed by atoms with Gasteiger partial charge in [0.05, 0.1) is 10.9 Å². The van der Waals surface area contributed by atoms with Crippen molar-refractivity contribution in [1.29, 1.82) is 0 Å². The molecule has 52 heavy (non-hydrogen) atoms. The lowest BCUT2D eigenvalue weighted by molar-refractivity contribution is -0.124. The maximum atomic E-state index is 16.8. The summed E-state index contributed by atoms with van der Waals surface area (Å²) >= 11 is 0. The molecule has 3 fully saturated rings. The molecule has 3 saturated heterocycles. The lowest BCUT2D eigenvalue weighted by Gasteiger charge is -2.31. The molecule has 1 amide bonds. The Morgan fingerprint density at radius 1 is 1.08 bits per heavy atom. The number of hydrogen-bond donors (Lipinski definition) is 0. The summed E-state index contributed by atoms with van der Waals surface area (Å²) in [6.07, 6.45) is 9.20. The first kappa shape index (κ1) is 34.0. The number of carbonyl (C=O) groups excluding carboxylic acids is 1. The molecular formula is C38H39F3N8O3. The largest absolute Gasteiger partial charge is 0.461 e. The molecule has 5 aromatic rings. The number of amides is 1. The third-order valence-corrected chi connectivity index (χ3v) is 10.8. The van der Waals surface area contributed by atoms with Crippen LogP contribution in [0.15, 0.2) is 47.1 Å². The second-order valence-corrected chi connectivity index (χ2v) is 14.3. The van der Waals surface area contributed by atoms with Gasteiger partial charge in [0.15, 0.2) is 23.3 Å². The fourth-order valence-corrected chi connectivity index (χ4v) is 7.94. The van der Waals surface area contributed by atoms with E-state index in [0.29, 0.717) is 48.5 Å². The second kappa shape index (κ2) is 13.5. The molecule has 3 aliphatic rings. The Bertz CT molecular complexity index is 2200. The number of anilines is 1. The van der Waals surface area contributed by atoms with Gasteiger partial charge in [0, 0.05) is 61.4 Å². The summed E-state index contributed by atoms with van der Waals surface area (Å²) in [4.78, 5) is 37.4. The van der Waals surface area contributed by atoms with Crippen molar-refractivity contribution in [1.82, 2.24) is 34.9 Å². The minimum atomic E-state index is -1.08. The summed E-state index contributed by atoms with van der Waals surface area (Å²) in [6, 6.07) is 7.14. The SMILES string of the molecule is CC(C)c1noc(/C=C/C(=O)N2CCC(N(C)c3nc(OCC45CCCN4CCC5)nc4c(F)c(-c5cccc6ccc(F)c(F)c56)ncc34)C2)n1. The zero-order valence-corrected chi connectivity index (χ0v) is 29.3. The fraction of sp³-hybridized carbons (Fsp3) is 0.421. The van der Waals surface area contributed by atoms with Gasteiger partial charge in [0.25, 0.3) is 5.89 Å². The zero-order chi connectivity index (χ0) is 36.1. The van der Waals surface area contributed by atoms with Crippen LogP contribution in [-0.2, 0) is 4.79 Å². The summed E-state index contributed by atoms with van der Waals surface area (Å²) in [5.74, 6) is -1.81. The first-order valence-electron chi connectivity index (χ1n) is 17.8. The number of likely N-dealkylation sites (tertiary alicyclic amines) is 1. The minimum Gasteiger partial charge on any atom is -0.461 e. The number of likely N-dealkylation sites (N-methyl/N-ethyl adjacent to an activating group) is 1. The van der Waals surface area contributed by atoms with Crippen LogP contribution < -0.4 is 9.64 Å². The molecule has 1 unspecified atom stereocenters. The van der Waals surface area contributed by atoms with Crippen molar-refractivity contribution in [2.45, 2.75) is 63.5 Å². The van der Waals surface area contributed by atoms with Gasteiger partial charge in [0.2, 0.25) is 5.91 Å². The van der Waals surface area contributed by atoms with Crippen LogP contribution in [-0.4, -0.2) is 92.2 Å². The van der Waals surface area contributed by atoms with Gasteiger partial charge in [-0.25, -0.2) is 13.2 Å². The Morgan fingerprint density at radius 2 is 1.88 bits per heavy atom. The van der Waals surface area contributed by atoms with Crippen molar-refractivity contribution >= 4 is 39.5 Å². The van der Waals surface area contributed by atoms with Crippen LogP contribution in [0.4, 0.5) is 19.0 Å². The smallest absolute Gasteiger partial charge is 0.319 e. The van der Waals surface area contributed by atoms with Crippen molar-refractivity contribution < 1.29 is 27.2 Å². The van der Waals surface area contributed by atoms with Crippen molar-refractivity contribution in [3.05, 3.63) is 71.8 Å². The van der Waals surface area contributed by atoms with E-state index in [1.54, 1.807) is 17.0 Å². The number of fused-ring (bicyclic) bond motifs is 3. The van der Waals surface area contributed by atoms with E-state index in [1.807, 2.05) is 25.8 Å². The number of ether oxygens (including phenoxy) is 1. The van der Waals surface area contributed by atoms with E-state index in [9.17, 15) is 9.18 Å². The predicted molar refractivity (Wildman–Crippen MR) is 189 cm³/mol. The van der Waals surface area contributed by atoms with Crippen LogP contribution in [0.1, 0.15) is 63.6 Å². The highest BCUT2D eigenvalue weighted by atomic mass is 19.2.